The van der Waals surface area contributed by atoms with E-state index in [1.165, 1.54) is 0 Å². The molecule has 2 nitrogen and oxygen atoms in total. The van der Waals surface area contributed by atoms with Crippen LogP contribution in [-0.2, 0) is 5.60 Å². The fraction of sp³-hybridized carbons (Fsp3) is 0.400. The SMILES string of the molecule is Br.CC(C)CNCC(C)C(O)(c1ccccc1)c1ccccc1. The van der Waals surface area contributed by atoms with Crippen molar-refractivity contribution in [3.63, 3.8) is 0 Å². The number of halogens is 1. The van der Waals surface area contributed by atoms with Gasteiger partial charge in [-0.1, -0.05) is 81.4 Å². The zero-order valence-corrected chi connectivity index (χ0v) is 15.9. The average Bonchev–Trinajstić information content (AvgIpc) is 2.55. The molecule has 0 aliphatic rings. The van der Waals surface area contributed by atoms with Crippen LogP contribution in [0, 0.1) is 11.8 Å². The Morgan fingerprint density at radius 2 is 1.26 bits per heavy atom. The molecule has 0 saturated heterocycles. The molecule has 0 aliphatic carbocycles. The van der Waals surface area contributed by atoms with E-state index in [9.17, 15) is 5.11 Å². The molecule has 2 N–H and O–H groups in total. The minimum atomic E-state index is -0.980. The zero-order valence-electron chi connectivity index (χ0n) is 14.2. The predicted molar refractivity (Wildman–Crippen MR) is 103 cm³/mol. The topological polar surface area (TPSA) is 32.3 Å². The van der Waals surface area contributed by atoms with Crippen LogP contribution in [0.4, 0.5) is 0 Å². The lowest BCUT2D eigenvalue weighted by atomic mass is 9.77. The molecule has 0 bridgehead atoms. The highest BCUT2D eigenvalue weighted by atomic mass is 79.9. The number of aliphatic hydroxyl groups is 1. The molecule has 2 aromatic rings. The van der Waals surface area contributed by atoms with E-state index in [0.29, 0.717) is 5.92 Å². The van der Waals surface area contributed by atoms with Gasteiger partial charge in [0.05, 0.1) is 0 Å². The van der Waals surface area contributed by atoms with E-state index in [-0.39, 0.29) is 22.9 Å². The van der Waals surface area contributed by atoms with Crippen molar-refractivity contribution in [2.24, 2.45) is 11.8 Å². The van der Waals surface area contributed by atoms with Crippen molar-refractivity contribution in [2.45, 2.75) is 26.4 Å². The highest BCUT2D eigenvalue weighted by molar-refractivity contribution is 8.93. The van der Waals surface area contributed by atoms with Gasteiger partial charge in [-0.15, -0.1) is 17.0 Å². The summed E-state index contributed by atoms with van der Waals surface area (Å²) in [5.41, 5.74) is 0.909. The molecule has 0 amide bonds. The molecule has 3 heteroatoms. The Hall–Kier alpha value is -1.16. The quantitative estimate of drug-likeness (QED) is 0.749. The molecule has 23 heavy (non-hydrogen) atoms. The Bertz CT molecular complexity index is 517. The van der Waals surface area contributed by atoms with Crippen LogP contribution in [0.1, 0.15) is 31.9 Å². The van der Waals surface area contributed by atoms with Crippen LogP contribution in [0.5, 0.6) is 0 Å². The molecule has 0 saturated carbocycles. The summed E-state index contributed by atoms with van der Waals surface area (Å²) in [6.45, 7) is 8.23. The van der Waals surface area contributed by atoms with E-state index < -0.39 is 5.60 Å². The summed E-state index contributed by atoms with van der Waals surface area (Å²) in [6, 6.07) is 19.9. The van der Waals surface area contributed by atoms with Crippen LogP contribution < -0.4 is 5.32 Å². The Morgan fingerprint density at radius 3 is 1.65 bits per heavy atom. The molecule has 0 aliphatic heterocycles. The summed E-state index contributed by atoms with van der Waals surface area (Å²) < 4.78 is 0. The number of hydrogen-bond acceptors (Lipinski definition) is 2. The van der Waals surface area contributed by atoms with E-state index >= 15 is 0 Å². The van der Waals surface area contributed by atoms with Crippen LogP contribution in [0.25, 0.3) is 0 Å². The van der Waals surface area contributed by atoms with Gasteiger partial charge in [-0.05, 0) is 23.6 Å². The Morgan fingerprint density at radius 1 is 0.826 bits per heavy atom. The molecule has 1 atom stereocenters. The predicted octanol–water partition coefficient (Wildman–Crippen LogP) is 4.38. The molecule has 2 aromatic carbocycles. The lowest BCUT2D eigenvalue weighted by Gasteiger charge is -2.35. The molecular formula is C20H28BrNO. The van der Waals surface area contributed by atoms with Gasteiger partial charge < -0.3 is 10.4 Å². The maximum atomic E-state index is 11.5. The zero-order chi connectivity index (χ0) is 16.0. The van der Waals surface area contributed by atoms with Gasteiger partial charge in [-0.3, -0.25) is 0 Å². The fourth-order valence-corrected chi connectivity index (χ4v) is 2.86. The van der Waals surface area contributed by atoms with Crippen molar-refractivity contribution >= 4 is 17.0 Å². The van der Waals surface area contributed by atoms with E-state index in [4.69, 9.17) is 0 Å². The highest BCUT2D eigenvalue weighted by Gasteiger charge is 2.37. The van der Waals surface area contributed by atoms with Crippen molar-refractivity contribution < 1.29 is 5.11 Å². The van der Waals surface area contributed by atoms with Gasteiger partial charge in [0.15, 0.2) is 0 Å². The molecule has 2 rings (SSSR count). The van der Waals surface area contributed by atoms with E-state index in [0.717, 1.165) is 24.2 Å². The normalized spacial score (nSPS) is 12.7. The second kappa shape index (κ2) is 9.21. The highest BCUT2D eigenvalue weighted by Crippen LogP contribution is 2.36. The van der Waals surface area contributed by atoms with Crippen LogP contribution >= 0.6 is 17.0 Å². The Kier molecular flexibility index (Phi) is 7.97. The van der Waals surface area contributed by atoms with Crippen molar-refractivity contribution in [1.29, 1.82) is 0 Å². The minimum absolute atomic E-state index is 0. The van der Waals surface area contributed by atoms with E-state index in [1.54, 1.807) is 0 Å². The van der Waals surface area contributed by atoms with Gasteiger partial charge in [0.1, 0.15) is 5.60 Å². The van der Waals surface area contributed by atoms with Gasteiger partial charge in [0, 0.05) is 12.5 Å². The largest absolute Gasteiger partial charge is 0.380 e. The molecule has 126 valence electrons. The monoisotopic (exact) mass is 377 g/mol. The lowest BCUT2D eigenvalue weighted by Crippen LogP contribution is -2.41. The summed E-state index contributed by atoms with van der Waals surface area (Å²) in [5.74, 6) is 0.671. The van der Waals surface area contributed by atoms with Gasteiger partial charge in [0.25, 0.3) is 0 Å². The van der Waals surface area contributed by atoms with Crippen LogP contribution in [0.3, 0.4) is 0 Å². The van der Waals surface area contributed by atoms with Gasteiger partial charge in [-0.2, -0.15) is 0 Å². The number of benzene rings is 2. The maximum Gasteiger partial charge on any atom is 0.118 e. The van der Waals surface area contributed by atoms with Crippen molar-refractivity contribution in [3.05, 3.63) is 71.8 Å². The second-order valence-corrected chi connectivity index (χ2v) is 6.45. The summed E-state index contributed by atoms with van der Waals surface area (Å²) in [6.07, 6.45) is 0. The molecule has 0 spiro atoms. The summed E-state index contributed by atoms with van der Waals surface area (Å²) >= 11 is 0. The summed E-state index contributed by atoms with van der Waals surface area (Å²) in [4.78, 5) is 0. The van der Waals surface area contributed by atoms with Gasteiger partial charge in [-0.25, -0.2) is 0 Å². The average molecular weight is 378 g/mol. The fourth-order valence-electron chi connectivity index (χ4n) is 2.86. The maximum absolute atomic E-state index is 11.5. The minimum Gasteiger partial charge on any atom is -0.380 e. The molecule has 0 radical (unpaired) electrons. The summed E-state index contributed by atoms with van der Waals surface area (Å²) in [5, 5.41) is 15.0. The van der Waals surface area contributed by atoms with E-state index in [1.807, 2.05) is 60.7 Å². The Labute approximate surface area is 150 Å². The molecule has 1 unspecified atom stereocenters. The molecule has 0 heterocycles. The third-order valence-corrected chi connectivity index (χ3v) is 4.14. The van der Waals surface area contributed by atoms with Crippen molar-refractivity contribution in [1.82, 2.24) is 5.32 Å². The third kappa shape index (κ3) is 4.90. The Balaban J connectivity index is 0.00000264. The summed E-state index contributed by atoms with van der Waals surface area (Å²) in [7, 11) is 0. The van der Waals surface area contributed by atoms with Gasteiger partial charge >= 0.3 is 0 Å². The molecule has 0 fully saturated rings. The molecular weight excluding hydrogens is 350 g/mol. The second-order valence-electron chi connectivity index (χ2n) is 6.45. The number of hydrogen-bond donors (Lipinski definition) is 2. The molecule has 0 aromatic heterocycles. The van der Waals surface area contributed by atoms with Crippen LogP contribution in [0.2, 0.25) is 0 Å². The lowest BCUT2D eigenvalue weighted by molar-refractivity contribution is 0.0239. The van der Waals surface area contributed by atoms with E-state index in [2.05, 4.69) is 26.1 Å². The number of rotatable bonds is 7. The first-order valence-corrected chi connectivity index (χ1v) is 8.09. The standard InChI is InChI=1S/C20H27NO.BrH/c1-16(2)14-21-15-17(3)20(22,18-10-6-4-7-11-18)19-12-8-5-9-13-19;/h4-13,16-17,21-22H,14-15H2,1-3H3;1H. The first kappa shape index (κ1) is 19.9. The van der Waals surface area contributed by atoms with Gasteiger partial charge in [0.2, 0.25) is 0 Å². The van der Waals surface area contributed by atoms with Crippen LogP contribution in [0.15, 0.2) is 60.7 Å². The van der Waals surface area contributed by atoms with Crippen molar-refractivity contribution in [3.8, 4) is 0 Å². The first-order chi connectivity index (χ1) is 10.5. The van der Waals surface area contributed by atoms with Crippen LogP contribution in [-0.4, -0.2) is 18.2 Å². The first-order valence-electron chi connectivity index (χ1n) is 8.09. The van der Waals surface area contributed by atoms with Crippen molar-refractivity contribution in [2.75, 3.05) is 13.1 Å². The third-order valence-electron chi connectivity index (χ3n) is 4.14. The number of nitrogens with one attached hydrogen (secondary N) is 1. The smallest absolute Gasteiger partial charge is 0.118 e.